The largest absolute Gasteiger partial charge is 0.354 e. The Kier molecular flexibility index (Phi) is 3.39. The highest BCUT2D eigenvalue weighted by Crippen LogP contribution is 2.40. The van der Waals surface area contributed by atoms with E-state index in [2.05, 4.69) is 21.5 Å². The molecule has 1 aliphatic carbocycles. The summed E-state index contributed by atoms with van der Waals surface area (Å²) in [5.74, 6) is 0.500. The third-order valence-corrected chi connectivity index (χ3v) is 5.39. The van der Waals surface area contributed by atoms with Gasteiger partial charge in [-0.05, 0) is 37.3 Å². The smallest absolute Gasteiger partial charge is 0.201 e. The first-order chi connectivity index (χ1) is 9.21. The molecule has 1 heterocycles. The summed E-state index contributed by atoms with van der Waals surface area (Å²) < 4.78 is 13.5. The first-order valence-electron chi connectivity index (χ1n) is 6.65. The molecule has 5 heteroatoms. The predicted molar refractivity (Wildman–Crippen MR) is 79.3 cm³/mol. The fraction of sp³-hybridized carbons (Fsp3) is 0.500. The van der Waals surface area contributed by atoms with Crippen LogP contribution in [-0.2, 0) is 0 Å². The second kappa shape index (κ2) is 5.04. The Morgan fingerprint density at radius 1 is 1.42 bits per heavy atom. The van der Waals surface area contributed by atoms with E-state index < -0.39 is 0 Å². The quantitative estimate of drug-likeness (QED) is 0.894. The highest BCUT2D eigenvalue weighted by molar-refractivity contribution is 8.00. The first kappa shape index (κ1) is 12.8. The second-order valence-corrected chi connectivity index (χ2v) is 6.47. The molecule has 0 aliphatic heterocycles. The van der Waals surface area contributed by atoms with Gasteiger partial charge >= 0.3 is 0 Å². The van der Waals surface area contributed by atoms with Gasteiger partial charge in [-0.3, -0.25) is 0 Å². The van der Waals surface area contributed by atoms with Gasteiger partial charge in [-0.2, -0.15) is 11.8 Å². The summed E-state index contributed by atoms with van der Waals surface area (Å²) in [6, 6.07) is 4.62. The SMILES string of the molecule is CSC1(CNc2nc3ccc(F)cc3[nH]2)CCCC1. The van der Waals surface area contributed by atoms with E-state index in [1.807, 2.05) is 11.8 Å². The number of hydrogen-bond donors (Lipinski definition) is 2. The summed E-state index contributed by atoms with van der Waals surface area (Å²) in [4.78, 5) is 7.57. The van der Waals surface area contributed by atoms with Crippen molar-refractivity contribution >= 4 is 28.7 Å². The molecule has 0 saturated heterocycles. The first-order valence-corrected chi connectivity index (χ1v) is 7.88. The number of rotatable bonds is 4. The zero-order valence-corrected chi connectivity index (χ0v) is 11.8. The van der Waals surface area contributed by atoms with Gasteiger partial charge in [-0.25, -0.2) is 9.37 Å². The number of hydrogen-bond acceptors (Lipinski definition) is 3. The molecule has 1 aliphatic rings. The maximum atomic E-state index is 13.1. The van der Waals surface area contributed by atoms with E-state index in [9.17, 15) is 4.39 Å². The van der Waals surface area contributed by atoms with Crippen molar-refractivity contribution in [3.63, 3.8) is 0 Å². The fourth-order valence-corrected chi connectivity index (χ4v) is 3.70. The Labute approximate surface area is 116 Å². The number of nitrogens with one attached hydrogen (secondary N) is 2. The Bertz CT molecular complexity index is 575. The maximum absolute atomic E-state index is 13.1. The van der Waals surface area contributed by atoms with Gasteiger partial charge in [0.2, 0.25) is 5.95 Å². The normalized spacial score (nSPS) is 18.0. The van der Waals surface area contributed by atoms with Gasteiger partial charge in [0.1, 0.15) is 5.82 Å². The van der Waals surface area contributed by atoms with Gasteiger partial charge in [0.05, 0.1) is 11.0 Å². The van der Waals surface area contributed by atoms with Crippen LogP contribution in [0.5, 0.6) is 0 Å². The van der Waals surface area contributed by atoms with Crippen LogP contribution in [0.2, 0.25) is 0 Å². The summed E-state index contributed by atoms with van der Waals surface area (Å²) in [7, 11) is 0. The molecule has 2 aromatic rings. The number of fused-ring (bicyclic) bond motifs is 1. The molecule has 3 rings (SSSR count). The van der Waals surface area contributed by atoms with Crippen LogP contribution in [-0.4, -0.2) is 27.5 Å². The molecule has 1 fully saturated rings. The molecule has 0 bridgehead atoms. The van der Waals surface area contributed by atoms with Crippen LogP contribution in [0, 0.1) is 5.82 Å². The third-order valence-electron chi connectivity index (χ3n) is 3.97. The van der Waals surface area contributed by atoms with E-state index in [1.165, 1.54) is 37.8 Å². The van der Waals surface area contributed by atoms with Crippen molar-refractivity contribution in [2.45, 2.75) is 30.4 Å². The number of halogens is 1. The number of aromatic nitrogens is 2. The molecule has 2 N–H and O–H groups in total. The Balaban J connectivity index is 1.74. The monoisotopic (exact) mass is 279 g/mol. The molecular weight excluding hydrogens is 261 g/mol. The van der Waals surface area contributed by atoms with Gasteiger partial charge < -0.3 is 10.3 Å². The zero-order chi connectivity index (χ0) is 13.3. The van der Waals surface area contributed by atoms with Crippen molar-refractivity contribution in [3.05, 3.63) is 24.0 Å². The van der Waals surface area contributed by atoms with Crippen LogP contribution in [0.25, 0.3) is 11.0 Å². The number of benzene rings is 1. The topological polar surface area (TPSA) is 40.7 Å². The number of nitrogens with zero attached hydrogens (tertiary/aromatic N) is 1. The molecule has 19 heavy (non-hydrogen) atoms. The van der Waals surface area contributed by atoms with Crippen LogP contribution in [0.1, 0.15) is 25.7 Å². The predicted octanol–water partition coefficient (Wildman–Crippen LogP) is 3.79. The van der Waals surface area contributed by atoms with Gasteiger partial charge in [-0.1, -0.05) is 12.8 Å². The molecule has 102 valence electrons. The summed E-state index contributed by atoms with van der Waals surface area (Å²) in [5, 5.41) is 3.38. The molecule has 0 spiro atoms. The van der Waals surface area contributed by atoms with E-state index in [4.69, 9.17) is 0 Å². The molecule has 0 unspecified atom stereocenters. The van der Waals surface area contributed by atoms with E-state index >= 15 is 0 Å². The minimum atomic E-state index is -0.237. The lowest BCUT2D eigenvalue weighted by molar-refractivity contribution is 0.629. The Morgan fingerprint density at radius 3 is 2.95 bits per heavy atom. The third kappa shape index (κ3) is 2.56. The lowest BCUT2D eigenvalue weighted by Gasteiger charge is -2.26. The molecule has 0 amide bonds. The van der Waals surface area contributed by atoms with Crippen molar-refractivity contribution in [2.75, 3.05) is 18.1 Å². The molecule has 1 aromatic heterocycles. The van der Waals surface area contributed by atoms with Crippen LogP contribution < -0.4 is 5.32 Å². The maximum Gasteiger partial charge on any atom is 0.201 e. The van der Waals surface area contributed by atoms with Crippen molar-refractivity contribution in [2.24, 2.45) is 0 Å². The average molecular weight is 279 g/mol. The molecular formula is C14H18FN3S. The summed E-state index contributed by atoms with van der Waals surface area (Å²) >= 11 is 1.94. The number of H-pyrrole nitrogens is 1. The average Bonchev–Trinajstić information content (AvgIpc) is 3.02. The Hall–Kier alpha value is -1.23. The lowest BCUT2D eigenvalue weighted by Crippen LogP contribution is -2.30. The van der Waals surface area contributed by atoms with E-state index in [0.717, 1.165) is 23.5 Å². The standard InChI is InChI=1S/C14H18FN3S/c1-19-14(6-2-3-7-14)9-16-13-17-11-5-4-10(15)8-12(11)18-13/h4-5,8H,2-3,6-7,9H2,1H3,(H2,16,17,18). The summed E-state index contributed by atoms with van der Waals surface area (Å²) in [5.41, 5.74) is 1.54. The molecule has 3 nitrogen and oxygen atoms in total. The Morgan fingerprint density at radius 2 is 2.21 bits per heavy atom. The van der Waals surface area contributed by atoms with Crippen molar-refractivity contribution in [1.29, 1.82) is 0 Å². The number of anilines is 1. The van der Waals surface area contributed by atoms with E-state index in [-0.39, 0.29) is 5.82 Å². The van der Waals surface area contributed by atoms with E-state index in [0.29, 0.717) is 4.75 Å². The molecule has 1 aromatic carbocycles. The van der Waals surface area contributed by atoms with Gasteiger partial charge in [0.15, 0.2) is 0 Å². The molecule has 0 atom stereocenters. The minimum Gasteiger partial charge on any atom is -0.354 e. The number of aromatic amines is 1. The zero-order valence-electron chi connectivity index (χ0n) is 11.0. The number of thioether (sulfide) groups is 1. The van der Waals surface area contributed by atoms with Crippen LogP contribution in [0.15, 0.2) is 18.2 Å². The van der Waals surface area contributed by atoms with Crippen LogP contribution >= 0.6 is 11.8 Å². The molecule has 1 saturated carbocycles. The van der Waals surface area contributed by atoms with Gasteiger partial charge in [0.25, 0.3) is 0 Å². The summed E-state index contributed by atoms with van der Waals surface area (Å²) in [6.45, 7) is 0.913. The molecule has 0 radical (unpaired) electrons. The van der Waals surface area contributed by atoms with E-state index in [1.54, 1.807) is 6.07 Å². The number of imidazole rings is 1. The van der Waals surface area contributed by atoms with Crippen molar-refractivity contribution < 1.29 is 4.39 Å². The minimum absolute atomic E-state index is 0.237. The van der Waals surface area contributed by atoms with Crippen molar-refractivity contribution in [3.8, 4) is 0 Å². The van der Waals surface area contributed by atoms with Crippen LogP contribution in [0.4, 0.5) is 10.3 Å². The highest BCUT2D eigenvalue weighted by Gasteiger charge is 2.32. The van der Waals surface area contributed by atoms with Gasteiger partial charge in [-0.15, -0.1) is 0 Å². The van der Waals surface area contributed by atoms with Crippen molar-refractivity contribution in [1.82, 2.24) is 9.97 Å². The summed E-state index contributed by atoms with van der Waals surface area (Å²) in [6.07, 6.45) is 7.33. The highest BCUT2D eigenvalue weighted by atomic mass is 32.2. The second-order valence-electron chi connectivity index (χ2n) is 5.19. The van der Waals surface area contributed by atoms with Gasteiger partial charge in [0, 0.05) is 11.3 Å². The lowest BCUT2D eigenvalue weighted by atomic mass is 10.1. The van der Waals surface area contributed by atoms with Crippen LogP contribution in [0.3, 0.4) is 0 Å². The fourth-order valence-electron chi connectivity index (χ4n) is 2.78.